The number of benzene rings is 3. The van der Waals surface area contributed by atoms with E-state index < -0.39 is 17.6 Å². The number of hydrogen-bond donors (Lipinski definition) is 1. The Kier molecular flexibility index (Phi) is 8.10. The Morgan fingerprint density at radius 2 is 1.74 bits per heavy atom. The lowest BCUT2D eigenvalue weighted by Gasteiger charge is -2.17. The lowest BCUT2D eigenvalue weighted by Crippen LogP contribution is -2.14. The number of anilines is 1. The van der Waals surface area contributed by atoms with Crippen LogP contribution in [0.5, 0.6) is 11.5 Å². The topological polar surface area (TPSA) is 47.6 Å². The van der Waals surface area contributed by atoms with Crippen molar-refractivity contribution in [2.45, 2.75) is 39.5 Å². The minimum atomic E-state index is -4.56. The summed E-state index contributed by atoms with van der Waals surface area (Å²) >= 11 is 6.01. The minimum absolute atomic E-state index is 0.00105. The fourth-order valence-electron chi connectivity index (χ4n) is 3.37. The molecule has 0 saturated carbocycles. The molecule has 0 saturated heterocycles. The third-order valence-corrected chi connectivity index (χ3v) is 5.42. The molecule has 0 heterocycles. The van der Waals surface area contributed by atoms with Gasteiger partial charge in [-0.15, -0.1) is 0 Å². The highest BCUT2D eigenvalue weighted by molar-refractivity contribution is 6.34. The summed E-state index contributed by atoms with van der Waals surface area (Å²) in [7, 11) is 0. The normalized spacial score (nSPS) is 11.4. The van der Waals surface area contributed by atoms with Crippen molar-refractivity contribution in [3.63, 3.8) is 0 Å². The molecule has 8 heteroatoms. The van der Waals surface area contributed by atoms with Gasteiger partial charge in [0.05, 0.1) is 22.9 Å². The average molecular weight is 492 g/mol. The maximum atomic E-state index is 13.0. The van der Waals surface area contributed by atoms with E-state index in [1.165, 1.54) is 6.07 Å². The number of carbonyl (C=O) groups excluding carboxylic acids is 1. The van der Waals surface area contributed by atoms with Crippen LogP contribution in [0.2, 0.25) is 5.02 Å². The number of hydrogen-bond acceptors (Lipinski definition) is 3. The first-order valence-electron chi connectivity index (χ1n) is 10.8. The van der Waals surface area contributed by atoms with Crippen LogP contribution in [0.3, 0.4) is 0 Å². The van der Waals surface area contributed by atoms with Crippen molar-refractivity contribution in [3.8, 4) is 11.5 Å². The van der Waals surface area contributed by atoms with Gasteiger partial charge in [-0.05, 0) is 60.9 Å². The number of nitrogens with one attached hydrogen (secondary N) is 1. The second-order valence-corrected chi connectivity index (χ2v) is 8.29. The Labute approximate surface area is 201 Å². The lowest BCUT2D eigenvalue weighted by atomic mass is 10.0. The van der Waals surface area contributed by atoms with Gasteiger partial charge in [0.15, 0.2) is 0 Å². The highest BCUT2D eigenvalue weighted by Crippen LogP contribution is 2.34. The molecule has 34 heavy (non-hydrogen) atoms. The summed E-state index contributed by atoms with van der Waals surface area (Å²) < 4.78 is 50.9. The van der Waals surface area contributed by atoms with Gasteiger partial charge in [-0.2, -0.15) is 13.2 Å². The molecule has 0 unspecified atom stereocenters. The standard InChI is InChI=1S/C26H25ClF3NO3/c1-4-33-23-12-9-17(13-18(23)15-34-24-8-6-5-7-20(24)16(2)3)25(32)31-22-14-19(26(28,29)30)10-11-21(22)27/h5-14,16H,4,15H2,1-3H3,(H,31,32). The molecular weight excluding hydrogens is 467 g/mol. The van der Waals surface area contributed by atoms with Gasteiger partial charge in [-0.3, -0.25) is 4.79 Å². The van der Waals surface area contributed by atoms with E-state index >= 15 is 0 Å². The van der Waals surface area contributed by atoms with Crippen LogP contribution in [0, 0.1) is 0 Å². The summed E-state index contributed by atoms with van der Waals surface area (Å²) in [6.45, 7) is 6.54. The smallest absolute Gasteiger partial charge is 0.416 e. The van der Waals surface area contributed by atoms with Crippen molar-refractivity contribution < 1.29 is 27.4 Å². The van der Waals surface area contributed by atoms with Crippen molar-refractivity contribution in [2.75, 3.05) is 11.9 Å². The van der Waals surface area contributed by atoms with E-state index in [4.69, 9.17) is 21.1 Å². The molecule has 0 radical (unpaired) electrons. The van der Waals surface area contributed by atoms with E-state index in [-0.39, 0.29) is 28.8 Å². The van der Waals surface area contributed by atoms with Gasteiger partial charge in [0.2, 0.25) is 0 Å². The molecule has 0 spiro atoms. The third kappa shape index (κ3) is 6.23. The van der Waals surface area contributed by atoms with Gasteiger partial charge in [-0.25, -0.2) is 0 Å². The van der Waals surface area contributed by atoms with Gasteiger partial charge >= 0.3 is 6.18 Å². The van der Waals surface area contributed by atoms with E-state index in [1.54, 1.807) is 12.1 Å². The van der Waals surface area contributed by atoms with Gasteiger partial charge in [0.1, 0.15) is 18.1 Å². The van der Waals surface area contributed by atoms with E-state index in [0.717, 1.165) is 29.5 Å². The summed E-state index contributed by atoms with van der Waals surface area (Å²) in [4.78, 5) is 12.8. The SMILES string of the molecule is CCOc1ccc(C(=O)Nc2cc(C(F)(F)F)ccc2Cl)cc1COc1ccccc1C(C)C. The Morgan fingerprint density at radius 1 is 1.00 bits per heavy atom. The van der Waals surface area contributed by atoms with Crippen LogP contribution >= 0.6 is 11.6 Å². The quantitative estimate of drug-likeness (QED) is 0.351. The molecule has 3 aromatic carbocycles. The molecule has 0 aliphatic rings. The monoisotopic (exact) mass is 491 g/mol. The van der Waals surface area contributed by atoms with Gasteiger partial charge in [-0.1, -0.05) is 43.6 Å². The predicted molar refractivity (Wildman–Crippen MR) is 127 cm³/mol. The molecule has 1 N–H and O–H groups in total. The molecule has 3 aromatic rings. The van der Waals surface area contributed by atoms with E-state index in [1.807, 2.05) is 31.2 Å². The molecule has 0 aliphatic heterocycles. The summed E-state index contributed by atoms with van der Waals surface area (Å²) in [5.41, 5.74) is 0.875. The summed E-state index contributed by atoms with van der Waals surface area (Å²) in [5, 5.41) is 2.46. The molecule has 3 rings (SSSR count). The van der Waals surface area contributed by atoms with Crippen molar-refractivity contribution in [2.24, 2.45) is 0 Å². The Morgan fingerprint density at radius 3 is 2.41 bits per heavy atom. The van der Waals surface area contributed by atoms with Gasteiger partial charge < -0.3 is 14.8 Å². The molecule has 0 fully saturated rings. The fraction of sp³-hybridized carbons (Fsp3) is 0.269. The number of halogens is 4. The number of ether oxygens (including phenoxy) is 2. The first kappa shape index (κ1) is 25.4. The fourth-order valence-corrected chi connectivity index (χ4v) is 3.53. The average Bonchev–Trinajstić information content (AvgIpc) is 2.79. The van der Waals surface area contributed by atoms with Gasteiger partial charge in [0, 0.05) is 11.1 Å². The Hall–Kier alpha value is -3.19. The van der Waals surface area contributed by atoms with Crippen LogP contribution in [0.4, 0.5) is 18.9 Å². The first-order chi connectivity index (χ1) is 16.1. The molecule has 180 valence electrons. The van der Waals surface area contributed by atoms with E-state index in [0.29, 0.717) is 17.9 Å². The zero-order valence-electron chi connectivity index (χ0n) is 19.0. The minimum Gasteiger partial charge on any atom is -0.493 e. The van der Waals surface area contributed by atoms with E-state index in [2.05, 4.69) is 19.2 Å². The maximum Gasteiger partial charge on any atom is 0.416 e. The zero-order chi connectivity index (χ0) is 24.9. The Balaban J connectivity index is 1.85. The summed E-state index contributed by atoms with van der Waals surface area (Å²) in [6, 6.07) is 15.2. The molecule has 0 aromatic heterocycles. The van der Waals surface area contributed by atoms with Crippen molar-refractivity contribution in [1.29, 1.82) is 0 Å². The van der Waals surface area contributed by atoms with Crippen molar-refractivity contribution in [1.82, 2.24) is 0 Å². The molecule has 4 nitrogen and oxygen atoms in total. The number of alkyl halides is 3. The second-order valence-electron chi connectivity index (χ2n) is 7.88. The highest BCUT2D eigenvalue weighted by atomic mass is 35.5. The van der Waals surface area contributed by atoms with Crippen LogP contribution in [-0.4, -0.2) is 12.5 Å². The zero-order valence-corrected chi connectivity index (χ0v) is 19.8. The van der Waals surface area contributed by atoms with Crippen LogP contribution in [0.25, 0.3) is 0 Å². The predicted octanol–water partition coefficient (Wildman–Crippen LogP) is 7.71. The number of para-hydroxylation sites is 1. The summed E-state index contributed by atoms with van der Waals surface area (Å²) in [5.74, 6) is 0.939. The largest absolute Gasteiger partial charge is 0.493 e. The maximum absolute atomic E-state index is 13.0. The second kappa shape index (κ2) is 10.8. The molecular formula is C26H25ClF3NO3. The Bertz CT molecular complexity index is 1160. The van der Waals surface area contributed by atoms with Crippen molar-refractivity contribution >= 4 is 23.2 Å². The van der Waals surface area contributed by atoms with Crippen LogP contribution in [0.1, 0.15) is 53.7 Å². The lowest BCUT2D eigenvalue weighted by molar-refractivity contribution is -0.137. The highest BCUT2D eigenvalue weighted by Gasteiger charge is 2.31. The van der Waals surface area contributed by atoms with Crippen molar-refractivity contribution in [3.05, 3.63) is 87.9 Å². The van der Waals surface area contributed by atoms with Crippen LogP contribution < -0.4 is 14.8 Å². The molecule has 0 aliphatic carbocycles. The van der Waals surface area contributed by atoms with Crippen LogP contribution in [-0.2, 0) is 12.8 Å². The molecule has 1 amide bonds. The molecule has 0 bridgehead atoms. The van der Waals surface area contributed by atoms with Crippen LogP contribution in [0.15, 0.2) is 60.7 Å². The summed E-state index contributed by atoms with van der Waals surface area (Å²) in [6.07, 6.45) is -4.56. The molecule has 0 atom stereocenters. The first-order valence-corrected chi connectivity index (χ1v) is 11.1. The number of carbonyl (C=O) groups is 1. The third-order valence-electron chi connectivity index (χ3n) is 5.09. The van der Waals surface area contributed by atoms with E-state index in [9.17, 15) is 18.0 Å². The number of rotatable bonds is 8. The van der Waals surface area contributed by atoms with Gasteiger partial charge in [0.25, 0.3) is 5.91 Å². The number of amides is 1.